The van der Waals surface area contributed by atoms with E-state index in [-0.39, 0.29) is 6.03 Å². The molecule has 0 spiro atoms. The van der Waals surface area contributed by atoms with Crippen molar-refractivity contribution in [3.05, 3.63) is 46.2 Å². The summed E-state index contributed by atoms with van der Waals surface area (Å²) >= 11 is 3.47. The summed E-state index contributed by atoms with van der Waals surface area (Å²) in [6, 6.07) is 7.44. The van der Waals surface area contributed by atoms with Crippen LogP contribution >= 0.6 is 15.9 Å². The topological polar surface area (TPSA) is 67.3 Å². The second-order valence-electron chi connectivity index (χ2n) is 6.99. The zero-order valence-corrected chi connectivity index (χ0v) is 17.6. The highest BCUT2D eigenvalue weighted by molar-refractivity contribution is 9.10. The number of aromatic nitrogens is 1. The van der Waals surface area contributed by atoms with Gasteiger partial charge in [0.1, 0.15) is 17.2 Å². The summed E-state index contributed by atoms with van der Waals surface area (Å²) in [4.78, 5) is 26.0. The van der Waals surface area contributed by atoms with Crippen LogP contribution in [0.15, 0.2) is 39.9 Å². The fourth-order valence-corrected chi connectivity index (χ4v) is 3.82. The van der Waals surface area contributed by atoms with Crippen molar-refractivity contribution in [3.63, 3.8) is 0 Å². The summed E-state index contributed by atoms with van der Waals surface area (Å²) in [6.45, 7) is 3.79. The molecule has 1 atom stereocenters. The van der Waals surface area contributed by atoms with Gasteiger partial charge in [0.15, 0.2) is 5.84 Å². The number of amides is 2. The van der Waals surface area contributed by atoms with Crippen LogP contribution in [0.3, 0.4) is 0 Å². The first kappa shape index (κ1) is 18.7. The van der Waals surface area contributed by atoms with Crippen molar-refractivity contribution in [1.29, 1.82) is 0 Å². The minimum absolute atomic E-state index is 0.0977. The lowest BCUT2D eigenvalue weighted by molar-refractivity contribution is 0.218. The molecule has 0 saturated carbocycles. The molecule has 28 heavy (non-hydrogen) atoms. The standard InChI is InChI=1S/C20H21BrN4O3/c1-12-8-23-19-18-17(6-14(21)9-22-18)24(20(26)25(19)10-12)11-13-4-15(27-2)7-16(5-13)28-3/h4-7,9,12H,8,10-11H2,1-3H3. The smallest absolute Gasteiger partial charge is 0.330 e. The van der Waals surface area contributed by atoms with Gasteiger partial charge in [-0.1, -0.05) is 6.92 Å². The van der Waals surface area contributed by atoms with Crippen LogP contribution in [0, 0.1) is 5.92 Å². The number of carbonyl (C=O) groups excluding carboxylic acids is 1. The third kappa shape index (κ3) is 3.32. The van der Waals surface area contributed by atoms with Crippen LogP contribution < -0.4 is 14.4 Å². The van der Waals surface area contributed by atoms with Crippen LogP contribution in [0.4, 0.5) is 10.5 Å². The van der Waals surface area contributed by atoms with Crippen LogP contribution in [0.25, 0.3) is 0 Å². The number of carbonyl (C=O) groups is 1. The van der Waals surface area contributed by atoms with Crippen LogP contribution in [0.5, 0.6) is 11.5 Å². The molecule has 1 aromatic heterocycles. The van der Waals surface area contributed by atoms with Crippen LogP contribution in [-0.4, -0.2) is 49.1 Å². The minimum atomic E-state index is -0.0977. The molecule has 3 heterocycles. The van der Waals surface area contributed by atoms with Crippen LogP contribution in [0.1, 0.15) is 18.2 Å². The number of hydrogen-bond acceptors (Lipinski definition) is 5. The number of nitrogens with zero attached hydrogens (tertiary/aromatic N) is 4. The van der Waals surface area contributed by atoms with Gasteiger partial charge in [0.25, 0.3) is 0 Å². The van der Waals surface area contributed by atoms with Crippen molar-refractivity contribution in [2.24, 2.45) is 10.9 Å². The molecule has 0 radical (unpaired) electrons. The number of hydrogen-bond donors (Lipinski definition) is 0. The predicted octanol–water partition coefficient (Wildman–Crippen LogP) is 3.70. The normalized spacial score (nSPS) is 18.4. The lowest BCUT2D eigenvalue weighted by Gasteiger charge is -2.40. The third-order valence-electron chi connectivity index (χ3n) is 4.85. The Morgan fingerprint density at radius 1 is 1.18 bits per heavy atom. The number of urea groups is 1. The minimum Gasteiger partial charge on any atom is -0.497 e. The molecule has 2 aliphatic heterocycles. The molecule has 7 nitrogen and oxygen atoms in total. The first-order valence-corrected chi connectivity index (χ1v) is 9.80. The molecule has 2 aliphatic rings. The van der Waals surface area contributed by atoms with Gasteiger partial charge in [-0.05, 0) is 45.6 Å². The highest BCUT2D eigenvalue weighted by atomic mass is 79.9. The number of anilines is 1. The van der Waals surface area contributed by atoms with E-state index in [0.29, 0.717) is 42.9 Å². The Kier molecular flexibility index (Phi) is 4.97. The average Bonchev–Trinajstić information content (AvgIpc) is 2.70. The van der Waals surface area contributed by atoms with E-state index in [1.807, 2.05) is 24.3 Å². The maximum absolute atomic E-state index is 13.4. The van der Waals surface area contributed by atoms with Crippen LogP contribution in [-0.2, 0) is 6.54 Å². The number of benzene rings is 1. The quantitative estimate of drug-likeness (QED) is 0.720. The van der Waals surface area contributed by atoms with Gasteiger partial charge < -0.3 is 9.47 Å². The summed E-state index contributed by atoms with van der Waals surface area (Å²) in [5.74, 6) is 2.33. The zero-order chi connectivity index (χ0) is 19.8. The summed E-state index contributed by atoms with van der Waals surface area (Å²) in [5, 5.41) is 0. The molecular weight excluding hydrogens is 424 g/mol. The summed E-state index contributed by atoms with van der Waals surface area (Å²) < 4.78 is 11.5. The Morgan fingerprint density at radius 3 is 2.57 bits per heavy atom. The van der Waals surface area contributed by atoms with E-state index >= 15 is 0 Å². The Balaban J connectivity index is 1.79. The Hall–Kier alpha value is -2.61. The lowest BCUT2D eigenvalue weighted by atomic mass is 10.1. The Labute approximate surface area is 172 Å². The number of rotatable bonds is 4. The van der Waals surface area contributed by atoms with Gasteiger partial charge in [-0.25, -0.2) is 9.78 Å². The van der Waals surface area contributed by atoms with Crippen molar-refractivity contribution in [2.75, 3.05) is 32.2 Å². The second-order valence-corrected chi connectivity index (χ2v) is 7.91. The van der Waals surface area contributed by atoms with E-state index in [1.54, 1.807) is 30.2 Å². The van der Waals surface area contributed by atoms with E-state index in [4.69, 9.17) is 9.47 Å². The molecule has 0 bridgehead atoms. The molecule has 2 aromatic rings. The summed E-state index contributed by atoms with van der Waals surface area (Å²) in [5.41, 5.74) is 2.37. The largest absolute Gasteiger partial charge is 0.497 e. The molecule has 146 valence electrons. The molecule has 0 saturated heterocycles. The number of pyridine rings is 1. The zero-order valence-electron chi connectivity index (χ0n) is 16.0. The van der Waals surface area contributed by atoms with E-state index in [0.717, 1.165) is 21.4 Å². The fourth-order valence-electron chi connectivity index (χ4n) is 3.50. The third-order valence-corrected chi connectivity index (χ3v) is 5.29. The highest BCUT2D eigenvalue weighted by Crippen LogP contribution is 2.34. The van der Waals surface area contributed by atoms with Gasteiger partial charge >= 0.3 is 6.03 Å². The first-order chi connectivity index (χ1) is 13.5. The second kappa shape index (κ2) is 7.43. The average molecular weight is 445 g/mol. The molecule has 2 amide bonds. The Bertz CT molecular complexity index is 940. The van der Waals surface area contributed by atoms with Crippen molar-refractivity contribution in [2.45, 2.75) is 13.5 Å². The molecule has 0 aliphatic carbocycles. The van der Waals surface area contributed by atoms with Gasteiger partial charge in [-0.2, -0.15) is 0 Å². The number of ether oxygens (including phenoxy) is 2. The molecule has 8 heteroatoms. The fraction of sp³-hybridized carbons (Fsp3) is 0.350. The number of methoxy groups -OCH3 is 2. The number of fused-ring (bicyclic) bond motifs is 3. The molecule has 4 rings (SSSR count). The summed E-state index contributed by atoms with van der Waals surface area (Å²) in [6.07, 6.45) is 1.74. The maximum Gasteiger partial charge on any atom is 0.330 e. The molecule has 1 aromatic carbocycles. The predicted molar refractivity (Wildman–Crippen MR) is 110 cm³/mol. The summed E-state index contributed by atoms with van der Waals surface area (Å²) in [7, 11) is 3.22. The van der Waals surface area contributed by atoms with Crippen molar-refractivity contribution in [3.8, 4) is 11.5 Å². The molecule has 0 fully saturated rings. The van der Waals surface area contributed by atoms with Gasteiger partial charge in [-0.15, -0.1) is 0 Å². The monoisotopic (exact) mass is 444 g/mol. The van der Waals surface area contributed by atoms with Gasteiger partial charge in [0.05, 0.1) is 26.5 Å². The molecular formula is C20H21BrN4O3. The number of aliphatic imine (C=N–C) groups is 1. The van der Waals surface area contributed by atoms with Crippen molar-refractivity contribution in [1.82, 2.24) is 9.88 Å². The molecule has 1 unspecified atom stereocenters. The SMILES string of the molecule is COc1cc(CN2C(=O)N3CC(C)CN=C3c3ncc(Br)cc32)cc(OC)c1. The van der Waals surface area contributed by atoms with Gasteiger partial charge in [-0.3, -0.25) is 14.8 Å². The number of amidine groups is 1. The van der Waals surface area contributed by atoms with E-state index in [1.165, 1.54) is 0 Å². The van der Waals surface area contributed by atoms with Gasteiger partial charge in [0, 0.05) is 29.8 Å². The number of halogens is 1. The Morgan fingerprint density at radius 2 is 1.89 bits per heavy atom. The van der Waals surface area contributed by atoms with Crippen LogP contribution in [0.2, 0.25) is 0 Å². The van der Waals surface area contributed by atoms with E-state index in [9.17, 15) is 4.79 Å². The molecule has 0 N–H and O–H groups in total. The first-order valence-electron chi connectivity index (χ1n) is 9.01. The maximum atomic E-state index is 13.4. The highest BCUT2D eigenvalue weighted by Gasteiger charge is 2.38. The lowest BCUT2D eigenvalue weighted by Crippen LogP contribution is -2.54. The van der Waals surface area contributed by atoms with E-state index in [2.05, 4.69) is 32.8 Å². The van der Waals surface area contributed by atoms with E-state index < -0.39 is 0 Å². The van der Waals surface area contributed by atoms with Crippen molar-refractivity contribution >= 4 is 33.5 Å². The van der Waals surface area contributed by atoms with Gasteiger partial charge in [0.2, 0.25) is 0 Å². The van der Waals surface area contributed by atoms with Crippen molar-refractivity contribution < 1.29 is 14.3 Å².